The number of ether oxygens (including phenoxy) is 3. The number of hydrogen-bond donors (Lipinski definition) is 1. The van der Waals surface area contributed by atoms with Crippen LogP contribution in [0.1, 0.15) is 37.4 Å². The number of benzene rings is 1. The summed E-state index contributed by atoms with van der Waals surface area (Å²) in [5, 5.41) is 9.62. The summed E-state index contributed by atoms with van der Waals surface area (Å²) in [5.74, 6) is 0.0478. The van der Waals surface area contributed by atoms with Crippen LogP contribution in [-0.4, -0.2) is 36.6 Å². The standard InChI is InChI=1S/C16H20F2O4/c17-16(18)22-14-4-2-1-3-13(14)15(9-19)21-12-7-10-5-6-11(8-12)20-10/h1-4,10-12,15-16,19H,5-9H2/t10-,11-,15+/m1/s1. The lowest BCUT2D eigenvalue weighted by Gasteiger charge is -2.31. The molecule has 1 aromatic rings. The summed E-state index contributed by atoms with van der Waals surface area (Å²) in [7, 11) is 0. The normalized spacial score (nSPS) is 28.8. The first-order chi connectivity index (χ1) is 10.7. The maximum atomic E-state index is 12.5. The van der Waals surface area contributed by atoms with Crippen LogP contribution in [0, 0.1) is 0 Å². The van der Waals surface area contributed by atoms with Gasteiger partial charge in [0.15, 0.2) is 0 Å². The molecular weight excluding hydrogens is 294 g/mol. The van der Waals surface area contributed by atoms with Crippen LogP contribution in [0.2, 0.25) is 0 Å². The average Bonchev–Trinajstić information content (AvgIpc) is 2.84. The zero-order valence-corrected chi connectivity index (χ0v) is 12.2. The highest BCUT2D eigenvalue weighted by Gasteiger charge is 2.36. The van der Waals surface area contributed by atoms with Crippen LogP contribution in [0.25, 0.3) is 0 Å². The summed E-state index contributed by atoms with van der Waals surface area (Å²) in [6, 6.07) is 6.44. The van der Waals surface area contributed by atoms with Gasteiger partial charge in [-0.25, -0.2) is 0 Å². The van der Waals surface area contributed by atoms with Crippen LogP contribution >= 0.6 is 0 Å². The molecule has 0 unspecified atom stereocenters. The lowest BCUT2D eigenvalue weighted by atomic mass is 10.0. The molecule has 0 radical (unpaired) electrons. The topological polar surface area (TPSA) is 47.9 Å². The van der Waals surface area contributed by atoms with E-state index in [1.165, 1.54) is 6.07 Å². The summed E-state index contributed by atoms with van der Waals surface area (Å²) in [5.41, 5.74) is 0.448. The molecule has 0 aliphatic carbocycles. The molecule has 0 aromatic heterocycles. The number of aliphatic hydroxyl groups is 1. The second-order valence-corrected chi connectivity index (χ2v) is 5.77. The molecule has 0 spiro atoms. The van der Waals surface area contributed by atoms with Crippen molar-refractivity contribution in [3.8, 4) is 5.75 Å². The maximum Gasteiger partial charge on any atom is 0.387 e. The van der Waals surface area contributed by atoms with Gasteiger partial charge in [-0.3, -0.25) is 0 Å². The summed E-state index contributed by atoms with van der Waals surface area (Å²) in [4.78, 5) is 0. The Labute approximate surface area is 128 Å². The first-order valence-corrected chi connectivity index (χ1v) is 7.61. The van der Waals surface area contributed by atoms with E-state index in [2.05, 4.69) is 4.74 Å². The molecule has 2 heterocycles. The van der Waals surface area contributed by atoms with E-state index in [0.717, 1.165) is 25.7 Å². The molecule has 0 saturated carbocycles. The summed E-state index contributed by atoms with van der Waals surface area (Å²) in [6.07, 6.45) is 3.39. The van der Waals surface area contributed by atoms with Crippen LogP contribution in [0.5, 0.6) is 5.75 Å². The van der Waals surface area contributed by atoms with E-state index in [-0.39, 0.29) is 30.7 Å². The Balaban J connectivity index is 1.71. The number of para-hydroxylation sites is 1. The molecule has 2 saturated heterocycles. The average molecular weight is 314 g/mol. The molecule has 3 atom stereocenters. The van der Waals surface area contributed by atoms with E-state index < -0.39 is 12.7 Å². The quantitative estimate of drug-likeness (QED) is 0.877. The monoisotopic (exact) mass is 314 g/mol. The van der Waals surface area contributed by atoms with Gasteiger partial charge in [-0.2, -0.15) is 8.78 Å². The highest BCUT2D eigenvalue weighted by molar-refractivity contribution is 5.35. The molecule has 3 rings (SSSR count). The fourth-order valence-corrected chi connectivity index (χ4v) is 3.32. The third-order valence-electron chi connectivity index (χ3n) is 4.25. The van der Waals surface area contributed by atoms with Gasteiger partial charge >= 0.3 is 6.61 Å². The van der Waals surface area contributed by atoms with Gasteiger partial charge in [-0.1, -0.05) is 18.2 Å². The highest BCUT2D eigenvalue weighted by Crippen LogP contribution is 2.37. The Hall–Kier alpha value is -1.24. The molecule has 2 aliphatic heterocycles. The van der Waals surface area contributed by atoms with Gasteiger partial charge in [0.05, 0.1) is 24.9 Å². The zero-order valence-electron chi connectivity index (χ0n) is 12.2. The van der Waals surface area contributed by atoms with Gasteiger partial charge in [0.1, 0.15) is 11.9 Å². The van der Waals surface area contributed by atoms with Crippen LogP contribution in [0.4, 0.5) is 8.78 Å². The number of rotatable bonds is 6. The van der Waals surface area contributed by atoms with E-state index in [1.807, 2.05) is 0 Å². The Morgan fingerprint density at radius 1 is 1.18 bits per heavy atom. The fourth-order valence-electron chi connectivity index (χ4n) is 3.32. The van der Waals surface area contributed by atoms with Crippen LogP contribution in [-0.2, 0) is 9.47 Å². The van der Waals surface area contributed by atoms with Crippen molar-refractivity contribution >= 4 is 0 Å². The number of hydrogen-bond acceptors (Lipinski definition) is 4. The summed E-state index contributed by atoms with van der Waals surface area (Å²) < 4.78 is 41.2. The Kier molecular flexibility index (Phi) is 4.90. The van der Waals surface area contributed by atoms with E-state index >= 15 is 0 Å². The van der Waals surface area contributed by atoms with Gasteiger partial charge in [0.2, 0.25) is 0 Å². The Bertz CT molecular complexity index is 485. The summed E-state index contributed by atoms with van der Waals surface area (Å²) >= 11 is 0. The first kappa shape index (κ1) is 15.6. The van der Waals surface area contributed by atoms with Crippen molar-refractivity contribution < 1.29 is 28.1 Å². The minimum Gasteiger partial charge on any atom is -0.434 e. The molecule has 2 bridgehead atoms. The first-order valence-electron chi connectivity index (χ1n) is 7.61. The minimum atomic E-state index is -2.90. The molecule has 6 heteroatoms. The highest BCUT2D eigenvalue weighted by atomic mass is 19.3. The maximum absolute atomic E-state index is 12.5. The van der Waals surface area contributed by atoms with Gasteiger partial charge in [-0.15, -0.1) is 0 Å². The number of aliphatic hydroxyl groups excluding tert-OH is 1. The van der Waals surface area contributed by atoms with Crippen molar-refractivity contribution in [2.24, 2.45) is 0 Å². The number of fused-ring (bicyclic) bond motifs is 2. The van der Waals surface area contributed by atoms with E-state index in [4.69, 9.17) is 9.47 Å². The molecule has 1 N–H and O–H groups in total. The van der Waals surface area contributed by atoms with Gasteiger partial charge in [0, 0.05) is 5.56 Å². The molecule has 22 heavy (non-hydrogen) atoms. The predicted octanol–water partition coefficient (Wildman–Crippen LogP) is 3.05. The smallest absolute Gasteiger partial charge is 0.387 e. The third kappa shape index (κ3) is 3.56. The third-order valence-corrected chi connectivity index (χ3v) is 4.25. The molecule has 0 amide bonds. The largest absolute Gasteiger partial charge is 0.434 e. The van der Waals surface area contributed by atoms with Crippen molar-refractivity contribution in [3.63, 3.8) is 0 Å². The van der Waals surface area contributed by atoms with E-state index in [9.17, 15) is 13.9 Å². The summed E-state index contributed by atoms with van der Waals surface area (Å²) in [6.45, 7) is -3.18. The fraction of sp³-hybridized carbons (Fsp3) is 0.625. The Morgan fingerprint density at radius 2 is 1.86 bits per heavy atom. The van der Waals surface area contributed by atoms with Gasteiger partial charge in [-0.05, 0) is 31.7 Å². The van der Waals surface area contributed by atoms with Crippen LogP contribution < -0.4 is 4.74 Å². The molecule has 2 aliphatic rings. The van der Waals surface area contributed by atoms with Crippen LogP contribution in [0.15, 0.2) is 24.3 Å². The van der Waals surface area contributed by atoms with E-state index in [0.29, 0.717) is 5.56 Å². The van der Waals surface area contributed by atoms with Crippen molar-refractivity contribution in [1.29, 1.82) is 0 Å². The zero-order chi connectivity index (χ0) is 15.5. The SMILES string of the molecule is OC[C@H](OC1C[C@H]2CC[C@H](C1)O2)c1ccccc1OC(F)F. The van der Waals surface area contributed by atoms with Crippen molar-refractivity contribution in [2.45, 2.75) is 56.7 Å². The Morgan fingerprint density at radius 3 is 2.50 bits per heavy atom. The minimum absolute atomic E-state index is 0.0250. The molecule has 1 aromatic carbocycles. The van der Waals surface area contributed by atoms with Crippen molar-refractivity contribution in [1.82, 2.24) is 0 Å². The van der Waals surface area contributed by atoms with Crippen molar-refractivity contribution in [2.75, 3.05) is 6.61 Å². The lowest BCUT2D eigenvalue weighted by molar-refractivity contribution is -0.116. The van der Waals surface area contributed by atoms with Gasteiger partial charge < -0.3 is 19.3 Å². The van der Waals surface area contributed by atoms with Gasteiger partial charge in [0.25, 0.3) is 0 Å². The van der Waals surface area contributed by atoms with Crippen molar-refractivity contribution in [3.05, 3.63) is 29.8 Å². The van der Waals surface area contributed by atoms with E-state index in [1.54, 1.807) is 18.2 Å². The molecular formula is C16H20F2O4. The molecule has 122 valence electrons. The molecule has 4 nitrogen and oxygen atoms in total. The second kappa shape index (κ2) is 6.89. The number of halogens is 2. The molecule has 2 fully saturated rings. The van der Waals surface area contributed by atoms with Crippen LogP contribution in [0.3, 0.4) is 0 Å². The second-order valence-electron chi connectivity index (χ2n) is 5.77. The number of alkyl halides is 2. The predicted molar refractivity (Wildman–Crippen MR) is 74.9 cm³/mol. The lowest BCUT2D eigenvalue weighted by Crippen LogP contribution is -2.32.